The first-order valence-electron chi connectivity index (χ1n) is 6.93. The summed E-state index contributed by atoms with van der Waals surface area (Å²) in [5.41, 5.74) is 0.445. The molecular formula is C14H27NO2. The Kier molecular flexibility index (Phi) is 5.44. The molecule has 0 aromatic rings. The van der Waals surface area contributed by atoms with Crippen LogP contribution in [0.2, 0.25) is 0 Å². The average molecular weight is 241 g/mol. The fourth-order valence-electron chi connectivity index (χ4n) is 2.54. The minimum absolute atomic E-state index is 0.346. The second-order valence-corrected chi connectivity index (χ2v) is 6.14. The van der Waals surface area contributed by atoms with Crippen LogP contribution in [0.3, 0.4) is 0 Å². The van der Waals surface area contributed by atoms with E-state index in [9.17, 15) is 9.90 Å². The van der Waals surface area contributed by atoms with Crippen LogP contribution in [0.25, 0.3) is 0 Å². The van der Waals surface area contributed by atoms with Crippen LogP contribution in [0.4, 0.5) is 0 Å². The number of hydrogen-bond donors (Lipinski definition) is 2. The fourth-order valence-corrected chi connectivity index (χ4v) is 2.54. The first-order chi connectivity index (χ1) is 7.94. The molecule has 1 saturated carbocycles. The number of unbranched alkanes of at least 4 members (excludes halogenated alkanes) is 1. The van der Waals surface area contributed by atoms with E-state index in [2.05, 4.69) is 26.1 Å². The Morgan fingerprint density at radius 3 is 2.47 bits per heavy atom. The van der Waals surface area contributed by atoms with Crippen molar-refractivity contribution in [1.29, 1.82) is 0 Å². The minimum Gasteiger partial charge on any atom is -0.480 e. The van der Waals surface area contributed by atoms with E-state index in [0.717, 1.165) is 32.1 Å². The molecule has 0 amide bonds. The second kappa shape index (κ2) is 6.39. The Morgan fingerprint density at radius 1 is 1.41 bits per heavy atom. The standard InChI is InChI=1S/C14H27NO2/c1-4-5-6-12(13(16)17)15-11-7-9-14(2,3)10-8-11/h11-12,15H,4-10H2,1-3H3,(H,16,17)/t12-/m0/s1. The van der Waals surface area contributed by atoms with Crippen molar-refractivity contribution >= 4 is 5.97 Å². The average Bonchev–Trinajstić information content (AvgIpc) is 2.26. The number of hydrogen-bond acceptors (Lipinski definition) is 2. The highest BCUT2D eigenvalue weighted by atomic mass is 16.4. The van der Waals surface area contributed by atoms with Crippen molar-refractivity contribution in [3.63, 3.8) is 0 Å². The summed E-state index contributed by atoms with van der Waals surface area (Å²) in [6, 6.07) is 0.0575. The topological polar surface area (TPSA) is 49.3 Å². The molecule has 100 valence electrons. The summed E-state index contributed by atoms with van der Waals surface area (Å²) in [4.78, 5) is 11.1. The highest BCUT2D eigenvalue weighted by molar-refractivity contribution is 5.73. The Morgan fingerprint density at radius 2 is 2.00 bits per heavy atom. The first kappa shape index (κ1) is 14.5. The summed E-state index contributed by atoms with van der Waals surface area (Å²) in [6.45, 7) is 6.70. The van der Waals surface area contributed by atoms with E-state index in [-0.39, 0.29) is 6.04 Å². The summed E-state index contributed by atoms with van der Waals surface area (Å²) in [5, 5.41) is 12.5. The largest absolute Gasteiger partial charge is 0.480 e. The molecule has 0 aromatic heterocycles. The third kappa shape index (κ3) is 5.07. The number of carboxylic acids is 1. The lowest BCUT2D eigenvalue weighted by molar-refractivity contribution is -0.140. The molecule has 0 radical (unpaired) electrons. The molecule has 3 nitrogen and oxygen atoms in total. The zero-order valence-electron chi connectivity index (χ0n) is 11.5. The summed E-state index contributed by atoms with van der Waals surface area (Å²) in [5.74, 6) is -0.691. The van der Waals surface area contributed by atoms with E-state index < -0.39 is 5.97 Å². The first-order valence-corrected chi connectivity index (χ1v) is 6.93. The number of nitrogens with one attached hydrogen (secondary N) is 1. The molecule has 0 aromatic carbocycles. The predicted molar refractivity (Wildman–Crippen MR) is 70.1 cm³/mol. The van der Waals surface area contributed by atoms with Gasteiger partial charge < -0.3 is 10.4 Å². The van der Waals surface area contributed by atoms with Crippen LogP contribution in [0.15, 0.2) is 0 Å². The van der Waals surface area contributed by atoms with Crippen LogP contribution in [-0.2, 0) is 4.79 Å². The van der Waals surface area contributed by atoms with E-state index in [4.69, 9.17) is 0 Å². The summed E-state index contributed by atoms with van der Waals surface area (Å²) < 4.78 is 0. The van der Waals surface area contributed by atoms with E-state index in [1.807, 2.05) is 0 Å². The van der Waals surface area contributed by atoms with Gasteiger partial charge in [-0.05, 0) is 37.5 Å². The Bertz CT molecular complexity index is 241. The van der Waals surface area contributed by atoms with Gasteiger partial charge in [-0.15, -0.1) is 0 Å². The van der Waals surface area contributed by atoms with Crippen molar-refractivity contribution < 1.29 is 9.90 Å². The molecule has 1 rings (SSSR count). The van der Waals surface area contributed by atoms with E-state index in [0.29, 0.717) is 11.5 Å². The molecule has 0 saturated heterocycles. The molecule has 1 aliphatic carbocycles. The zero-order chi connectivity index (χ0) is 12.9. The maximum atomic E-state index is 11.1. The highest BCUT2D eigenvalue weighted by Gasteiger charge is 2.29. The molecule has 17 heavy (non-hydrogen) atoms. The van der Waals surface area contributed by atoms with Crippen molar-refractivity contribution in [1.82, 2.24) is 5.32 Å². The van der Waals surface area contributed by atoms with Gasteiger partial charge in [-0.2, -0.15) is 0 Å². The molecule has 1 fully saturated rings. The monoisotopic (exact) mass is 241 g/mol. The highest BCUT2D eigenvalue weighted by Crippen LogP contribution is 2.35. The quantitative estimate of drug-likeness (QED) is 0.751. The second-order valence-electron chi connectivity index (χ2n) is 6.14. The third-order valence-electron chi connectivity index (χ3n) is 3.92. The van der Waals surface area contributed by atoms with Gasteiger partial charge >= 0.3 is 5.97 Å². The van der Waals surface area contributed by atoms with Gasteiger partial charge in [-0.3, -0.25) is 4.79 Å². The molecule has 0 spiro atoms. The number of aliphatic carboxylic acids is 1. The minimum atomic E-state index is -0.691. The van der Waals surface area contributed by atoms with Crippen LogP contribution in [0.5, 0.6) is 0 Å². The van der Waals surface area contributed by atoms with E-state index >= 15 is 0 Å². The van der Waals surface area contributed by atoms with E-state index in [1.165, 1.54) is 12.8 Å². The Balaban J connectivity index is 2.38. The van der Waals surface area contributed by atoms with Gasteiger partial charge in [0.15, 0.2) is 0 Å². The molecule has 1 atom stereocenters. The third-order valence-corrected chi connectivity index (χ3v) is 3.92. The SMILES string of the molecule is CCCC[C@H](NC1CCC(C)(C)CC1)C(=O)O. The van der Waals surface area contributed by atoms with Gasteiger partial charge in [-0.25, -0.2) is 0 Å². The van der Waals surface area contributed by atoms with Gasteiger partial charge in [0.1, 0.15) is 6.04 Å². The van der Waals surface area contributed by atoms with Crippen LogP contribution in [0.1, 0.15) is 65.7 Å². The van der Waals surface area contributed by atoms with Crippen molar-refractivity contribution in [3.8, 4) is 0 Å². The van der Waals surface area contributed by atoms with Crippen molar-refractivity contribution in [2.75, 3.05) is 0 Å². The lowest BCUT2D eigenvalue weighted by Gasteiger charge is -2.35. The van der Waals surface area contributed by atoms with Gasteiger partial charge in [0, 0.05) is 6.04 Å². The smallest absolute Gasteiger partial charge is 0.320 e. The normalized spacial score (nSPS) is 22.3. The van der Waals surface area contributed by atoms with Gasteiger partial charge in [0.25, 0.3) is 0 Å². The number of carbonyl (C=O) groups is 1. The van der Waals surface area contributed by atoms with Crippen LogP contribution in [-0.4, -0.2) is 23.2 Å². The molecule has 3 heteroatoms. The lowest BCUT2D eigenvalue weighted by Crippen LogP contribution is -2.45. The molecule has 0 heterocycles. The maximum Gasteiger partial charge on any atom is 0.320 e. The van der Waals surface area contributed by atoms with Gasteiger partial charge in [0.05, 0.1) is 0 Å². The van der Waals surface area contributed by atoms with E-state index in [1.54, 1.807) is 0 Å². The van der Waals surface area contributed by atoms with Gasteiger partial charge in [0.2, 0.25) is 0 Å². The number of rotatable bonds is 6. The summed E-state index contributed by atoms with van der Waals surface area (Å²) in [7, 11) is 0. The van der Waals surface area contributed by atoms with Crippen LogP contribution >= 0.6 is 0 Å². The van der Waals surface area contributed by atoms with Crippen LogP contribution < -0.4 is 5.32 Å². The van der Waals surface area contributed by atoms with Crippen molar-refractivity contribution in [3.05, 3.63) is 0 Å². The van der Waals surface area contributed by atoms with Crippen molar-refractivity contribution in [2.45, 2.75) is 77.8 Å². The Hall–Kier alpha value is -0.570. The molecule has 0 bridgehead atoms. The lowest BCUT2D eigenvalue weighted by atomic mass is 9.75. The summed E-state index contributed by atoms with van der Waals surface area (Å²) >= 11 is 0. The van der Waals surface area contributed by atoms with Crippen LogP contribution in [0, 0.1) is 5.41 Å². The Labute approximate surface area is 105 Å². The van der Waals surface area contributed by atoms with Crippen molar-refractivity contribution in [2.24, 2.45) is 5.41 Å². The predicted octanol–water partition coefficient (Wildman–Crippen LogP) is 3.19. The number of carboxylic acid groups (broad SMARTS) is 1. The molecule has 1 aliphatic rings. The fraction of sp³-hybridized carbons (Fsp3) is 0.929. The summed E-state index contributed by atoms with van der Waals surface area (Å²) in [6.07, 6.45) is 7.43. The maximum absolute atomic E-state index is 11.1. The molecule has 2 N–H and O–H groups in total. The zero-order valence-corrected chi connectivity index (χ0v) is 11.5. The van der Waals surface area contributed by atoms with Gasteiger partial charge in [-0.1, -0.05) is 33.6 Å². The molecule has 0 aliphatic heterocycles. The molecular weight excluding hydrogens is 214 g/mol. The molecule has 0 unspecified atom stereocenters.